The first kappa shape index (κ1) is 22.3. The number of hydrogen-bond donors (Lipinski definition) is 2. The van der Waals surface area contributed by atoms with Crippen LogP contribution in [0.15, 0.2) is 65.3 Å². The molecule has 4 heteroatoms. The molecule has 0 aliphatic carbocycles. The fourth-order valence-corrected chi connectivity index (χ4v) is 3.22. The van der Waals surface area contributed by atoms with E-state index < -0.39 is 0 Å². The fraction of sp³-hybridized carbons (Fsp3) is 0.375. The molecule has 28 heavy (non-hydrogen) atoms. The van der Waals surface area contributed by atoms with Gasteiger partial charge in [0.15, 0.2) is 0 Å². The predicted molar refractivity (Wildman–Crippen MR) is 122 cm³/mol. The SMILES string of the molecule is CCCCNCC/C=C(\CC)OC(=N)c1ccc(-c2ccc(SC)cc2)cc1. The van der Waals surface area contributed by atoms with Gasteiger partial charge in [0.2, 0.25) is 5.90 Å². The van der Waals surface area contributed by atoms with Crippen LogP contribution in [-0.2, 0) is 4.74 Å². The van der Waals surface area contributed by atoms with E-state index in [-0.39, 0.29) is 5.90 Å². The monoisotopic (exact) mass is 396 g/mol. The molecule has 3 nitrogen and oxygen atoms in total. The molecule has 2 N–H and O–H groups in total. The van der Waals surface area contributed by atoms with Crippen LogP contribution in [0.2, 0.25) is 0 Å². The van der Waals surface area contributed by atoms with Crippen molar-refractivity contribution < 1.29 is 4.74 Å². The lowest BCUT2D eigenvalue weighted by Gasteiger charge is -2.11. The Bertz CT molecular complexity index is 751. The van der Waals surface area contributed by atoms with Crippen molar-refractivity contribution >= 4 is 17.7 Å². The zero-order valence-electron chi connectivity index (χ0n) is 17.3. The van der Waals surface area contributed by atoms with Gasteiger partial charge in [-0.05, 0) is 73.7 Å². The molecule has 0 unspecified atom stereocenters. The minimum absolute atomic E-state index is 0.205. The number of unbranched alkanes of at least 4 members (excludes halogenated alkanes) is 1. The fourth-order valence-electron chi connectivity index (χ4n) is 2.81. The molecule has 0 saturated heterocycles. The molecule has 2 rings (SSSR count). The number of thioether (sulfide) groups is 1. The van der Waals surface area contributed by atoms with Crippen molar-refractivity contribution in [2.45, 2.75) is 44.4 Å². The molecular formula is C24H32N2OS. The highest BCUT2D eigenvalue weighted by Gasteiger charge is 2.06. The average molecular weight is 397 g/mol. The van der Waals surface area contributed by atoms with Gasteiger partial charge in [-0.2, -0.15) is 0 Å². The molecule has 0 spiro atoms. The molecule has 2 aromatic rings. The maximum Gasteiger partial charge on any atom is 0.218 e. The lowest BCUT2D eigenvalue weighted by Crippen LogP contribution is -2.16. The molecule has 0 radical (unpaired) electrons. The van der Waals surface area contributed by atoms with E-state index >= 15 is 0 Å². The van der Waals surface area contributed by atoms with Gasteiger partial charge in [-0.1, -0.05) is 44.5 Å². The highest BCUT2D eigenvalue weighted by Crippen LogP contribution is 2.23. The summed E-state index contributed by atoms with van der Waals surface area (Å²) in [6.45, 7) is 6.27. The molecule has 0 atom stereocenters. The third-order valence-electron chi connectivity index (χ3n) is 4.55. The standard InChI is InChI=1S/C24H32N2OS/c1-4-6-17-26-18-7-8-22(5-2)27-24(25)21-11-9-19(10-12-21)20-13-15-23(28-3)16-14-20/h8-16,25-26H,4-7,17-18H2,1-3H3/b22-8+,25-24?. The Kier molecular flexibility index (Phi) is 9.87. The van der Waals surface area contributed by atoms with Gasteiger partial charge in [0.1, 0.15) is 5.76 Å². The summed E-state index contributed by atoms with van der Waals surface area (Å²) in [6.07, 6.45) is 8.31. The van der Waals surface area contributed by atoms with Gasteiger partial charge in [-0.25, -0.2) is 0 Å². The van der Waals surface area contributed by atoms with Crippen LogP contribution in [0.4, 0.5) is 0 Å². The maximum absolute atomic E-state index is 8.28. The minimum atomic E-state index is 0.205. The molecule has 0 amide bonds. The molecule has 0 aliphatic rings. The third-order valence-corrected chi connectivity index (χ3v) is 5.30. The van der Waals surface area contributed by atoms with Gasteiger partial charge < -0.3 is 10.1 Å². The molecule has 0 aliphatic heterocycles. The molecule has 0 fully saturated rings. The first-order chi connectivity index (χ1) is 13.7. The van der Waals surface area contributed by atoms with Gasteiger partial charge in [-0.15, -0.1) is 11.8 Å². The van der Waals surface area contributed by atoms with E-state index in [1.807, 2.05) is 24.3 Å². The summed E-state index contributed by atoms with van der Waals surface area (Å²) in [5.74, 6) is 1.07. The van der Waals surface area contributed by atoms with Gasteiger partial charge in [0.05, 0.1) is 0 Å². The van der Waals surface area contributed by atoms with E-state index in [0.717, 1.165) is 42.8 Å². The largest absolute Gasteiger partial charge is 0.444 e. The zero-order chi connectivity index (χ0) is 20.2. The summed E-state index contributed by atoms with van der Waals surface area (Å²) < 4.78 is 5.80. The van der Waals surface area contributed by atoms with E-state index in [0.29, 0.717) is 0 Å². The minimum Gasteiger partial charge on any atom is -0.444 e. The van der Waals surface area contributed by atoms with Crippen molar-refractivity contribution in [3.05, 3.63) is 65.9 Å². The number of hydrogen-bond acceptors (Lipinski definition) is 4. The van der Waals surface area contributed by atoms with Crippen molar-refractivity contribution in [1.29, 1.82) is 5.41 Å². The van der Waals surface area contributed by atoms with Crippen molar-refractivity contribution in [2.24, 2.45) is 0 Å². The summed E-state index contributed by atoms with van der Waals surface area (Å²) in [5.41, 5.74) is 3.13. The molecule has 150 valence electrons. The second-order valence-corrected chi connectivity index (χ2v) is 7.53. The van der Waals surface area contributed by atoms with Crippen LogP contribution in [0.25, 0.3) is 11.1 Å². The van der Waals surface area contributed by atoms with Crippen molar-refractivity contribution in [1.82, 2.24) is 5.32 Å². The first-order valence-corrected chi connectivity index (χ1v) is 11.3. The van der Waals surface area contributed by atoms with Crippen molar-refractivity contribution in [3.8, 4) is 11.1 Å². The van der Waals surface area contributed by atoms with Crippen molar-refractivity contribution in [2.75, 3.05) is 19.3 Å². The number of rotatable bonds is 11. The van der Waals surface area contributed by atoms with E-state index in [1.165, 1.54) is 23.3 Å². The predicted octanol–water partition coefficient (Wildman–Crippen LogP) is 6.49. The van der Waals surface area contributed by atoms with E-state index in [2.05, 4.69) is 55.8 Å². The number of allylic oxidation sites excluding steroid dienone is 1. The summed E-state index contributed by atoms with van der Waals surface area (Å²) in [7, 11) is 0. The Hall–Kier alpha value is -2.04. The van der Waals surface area contributed by atoms with Crippen molar-refractivity contribution in [3.63, 3.8) is 0 Å². The molecule has 2 aromatic carbocycles. The quantitative estimate of drug-likeness (QED) is 0.150. The molecule has 0 saturated carbocycles. The highest BCUT2D eigenvalue weighted by atomic mass is 32.2. The molecule has 0 heterocycles. The Morgan fingerprint density at radius 3 is 2.21 bits per heavy atom. The zero-order valence-corrected chi connectivity index (χ0v) is 18.1. The summed E-state index contributed by atoms with van der Waals surface area (Å²) in [5, 5.41) is 11.7. The van der Waals surface area contributed by atoms with Crippen LogP contribution >= 0.6 is 11.8 Å². The van der Waals surface area contributed by atoms with E-state index in [9.17, 15) is 0 Å². The van der Waals surface area contributed by atoms with E-state index in [1.54, 1.807) is 11.8 Å². The Labute approximate surface area is 174 Å². The second kappa shape index (κ2) is 12.4. The number of benzene rings is 2. The first-order valence-electron chi connectivity index (χ1n) is 10.1. The van der Waals surface area contributed by atoms with Gasteiger partial charge in [0, 0.05) is 16.9 Å². The van der Waals surface area contributed by atoms with Crippen LogP contribution in [0.1, 0.15) is 45.1 Å². The summed E-state index contributed by atoms with van der Waals surface area (Å²) in [6, 6.07) is 16.6. The Morgan fingerprint density at radius 1 is 1.00 bits per heavy atom. The van der Waals surface area contributed by atoms with E-state index in [4.69, 9.17) is 10.1 Å². The summed E-state index contributed by atoms with van der Waals surface area (Å²) >= 11 is 1.74. The lowest BCUT2D eigenvalue weighted by atomic mass is 10.0. The molecule has 0 aromatic heterocycles. The summed E-state index contributed by atoms with van der Waals surface area (Å²) in [4.78, 5) is 1.26. The van der Waals surface area contributed by atoms with Gasteiger partial charge >= 0.3 is 0 Å². The average Bonchev–Trinajstić information content (AvgIpc) is 2.75. The Morgan fingerprint density at radius 2 is 1.64 bits per heavy atom. The Balaban J connectivity index is 1.91. The normalized spacial score (nSPS) is 11.5. The smallest absolute Gasteiger partial charge is 0.218 e. The van der Waals surface area contributed by atoms with Crippen LogP contribution in [0.3, 0.4) is 0 Å². The molecular weight excluding hydrogens is 364 g/mol. The number of nitrogens with one attached hydrogen (secondary N) is 2. The maximum atomic E-state index is 8.28. The van der Waals surface area contributed by atoms with Crippen LogP contribution < -0.4 is 5.32 Å². The second-order valence-electron chi connectivity index (χ2n) is 6.65. The van der Waals surface area contributed by atoms with Crippen LogP contribution in [0, 0.1) is 5.41 Å². The van der Waals surface area contributed by atoms with Crippen LogP contribution in [-0.4, -0.2) is 25.2 Å². The third kappa shape index (κ3) is 7.17. The topological polar surface area (TPSA) is 45.1 Å². The number of ether oxygens (including phenoxy) is 1. The highest BCUT2D eigenvalue weighted by molar-refractivity contribution is 7.98. The van der Waals surface area contributed by atoms with Gasteiger partial charge in [0.25, 0.3) is 0 Å². The molecule has 0 bridgehead atoms. The van der Waals surface area contributed by atoms with Crippen LogP contribution in [0.5, 0.6) is 0 Å². The lowest BCUT2D eigenvalue weighted by molar-refractivity contribution is 0.393. The van der Waals surface area contributed by atoms with Gasteiger partial charge in [-0.3, -0.25) is 5.41 Å².